The van der Waals surface area contributed by atoms with E-state index in [9.17, 15) is 4.79 Å². The first-order valence-corrected chi connectivity index (χ1v) is 6.02. The van der Waals surface area contributed by atoms with Gasteiger partial charge in [0.05, 0.1) is 0 Å². The highest BCUT2D eigenvalue weighted by atomic mass is 79.9. The second-order valence-corrected chi connectivity index (χ2v) is 5.13. The van der Waals surface area contributed by atoms with Crippen molar-refractivity contribution in [3.8, 4) is 0 Å². The van der Waals surface area contributed by atoms with Crippen molar-refractivity contribution in [1.82, 2.24) is 0 Å². The number of carbonyl (C=O) groups is 1. The summed E-state index contributed by atoms with van der Waals surface area (Å²) in [5.41, 5.74) is 0. The molecule has 1 aromatic carbocycles. The van der Waals surface area contributed by atoms with Crippen molar-refractivity contribution in [2.24, 2.45) is 0 Å². The lowest BCUT2D eigenvalue weighted by atomic mass is 10.3. The molecule has 1 aliphatic rings. The lowest BCUT2D eigenvalue weighted by Crippen LogP contribution is -1.80. The molecule has 2 rings (SSSR count). The van der Waals surface area contributed by atoms with Gasteiger partial charge in [0, 0.05) is 15.8 Å². The molecule has 0 aliphatic heterocycles. The zero-order chi connectivity index (χ0) is 9.97. The SMILES string of the molecule is O=C1C=C(Sc2ccccc2Br)CC1. The molecule has 1 nitrogen and oxygen atoms in total. The third-order valence-electron chi connectivity index (χ3n) is 2.02. The first-order valence-electron chi connectivity index (χ1n) is 4.41. The Morgan fingerprint density at radius 1 is 1.21 bits per heavy atom. The van der Waals surface area contributed by atoms with Crippen LogP contribution in [-0.2, 0) is 4.79 Å². The Balaban J connectivity index is 2.15. The van der Waals surface area contributed by atoms with E-state index in [1.807, 2.05) is 18.2 Å². The Hall–Kier alpha value is -0.540. The molecule has 0 atom stereocenters. The molecule has 1 aromatic rings. The van der Waals surface area contributed by atoms with Crippen LogP contribution < -0.4 is 0 Å². The summed E-state index contributed by atoms with van der Waals surface area (Å²) >= 11 is 5.16. The predicted octanol–water partition coefficient (Wildman–Crippen LogP) is 3.79. The van der Waals surface area contributed by atoms with E-state index >= 15 is 0 Å². The summed E-state index contributed by atoms with van der Waals surface area (Å²) in [6, 6.07) is 8.06. The van der Waals surface area contributed by atoms with Gasteiger partial charge in [-0.3, -0.25) is 4.79 Å². The van der Waals surface area contributed by atoms with Crippen LogP contribution in [0.5, 0.6) is 0 Å². The van der Waals surface area contributed by atoms with E-state index in [1.54, 1.807) is 17.8 Å². The molecular formula is C11H9BrOS. The molecule has 0 N–H and O–H groups in total. The van der Waals surface area contributed by atoms with Gasteiger partial charge >= 0.3 is 0 Å². The van der Waals surface area contributed by atoms with Gasteiger partial charge in [-0.15, -0.1) is 0 Å². The fraction of sp³-hybridized carbons (Fsp3) is 0.182. The molecule has 0 saturated carbocycles. The third kappa shape index (κ3) is 2.28. The predicted molar refractivity (Wildman–Crippen MR) is 62.3 cm³/mol. The summed E-state index contributed by atoms with van der Waals surface area (Å²) in [5, 5.41) is 0. The van der Waals surface area contributed by atoms with Crippen LogP contribution in [-0.4, -0.2) is 5.78 Å². The number of ketones is 1. The van der Waals surface area contributed by atoms with Crippen LogP contribution in [0.1, 0.15) is 12.8 Å². The molecule has 14 heavy (non-hydrogen) atoms. The number of thioether (sulfide) groups is 1. The van der Waals surface area contributed by atoms with Crippen molar-refractivity contribution >= 4 is 33.5 Å². The van der Waals surface area contributed by atoms with Gasteiger partial charge in [-0.2, -0.15) is 0 Å². The van der Waals surface area contributed by atoms with Crippen LogP contribution >= 0.6 is 27.7 Å². The first kappa shape index (κ1) is 9.99. The van der Waals surface area contributed by atoms with E-state index in [1.165, 1.54) is 9.80 Å². The standard InChI is InChI=1S/C11H9BrOS/c12-10-3-1-2-4-11(10)14-9-6-5-8(13)7-9/h1-4,7H,5-6H2. The molecule has 0 aromatic heterocycles. The van der Waals surface area contributed by atoms with Crippen molar-refractivity contribution in [1.29, 1.82) is 0 Å². The molecule has 1 aliphatic carbocycles. The van der Waals surface area contributed by atoms with Crippen LogP contribution in [0.25, 0.3) is 0 Å². The molecule has 0 amide bonds. The monoisotopic (exact) mass is 268 g/mol. The average molecular weight is 269 g/mol. The second kappa shape index (κ2) is 4.32. The summed E-state index contributed by atoms with van der Waals surface area (Å²) < 4.78 is 1.09. The maximum absolute atomic E-state index is 11.0. The molecule has 0 heterocycles. The van der Waals surface area contributed by atoms with Gasteiger partial charge in [-0.1, -0.05) is 23.9 Å². The molecule has 0 bridgehead atoms. The van der Waals surface area contributed by atoms with Gasteiger partial charge in [0.1, 0.15) is 0 Å². The average Bonchev–Trinajstić information content (AvgIpc) is 2.56. The summed E-state index contributed by atoms with van der Waals surface area (Å²) in [4.78, 5) is 13.4. The lowest BCUT2D eigenvalue weighted by Gasteiger charge is -2.03. The van der Waals surface area contributed by atoms with Gasteiger partial charge in [-0.25, -0.2) is 0 Å². The number of hydrogen-bond acceptors (Lipinski definition) is 2. The van der Waals surface area contributed by atoms with E-state index in [0.29, 0.717) is 6.42 Å². The van der Waals surface area contributed by atoms with Crippen LogP contribution in [0.15, 0.2) is 44.6 Å². The van der Waals surface area contributed by atoms with Gasteiger partial charge in [0.2, 0.25) is 0 Å². The molecular weight excluding hydrogens is 260 g/mol. The Bertz CT molecular complexity index is 398. The Morgan fingerprint density at radius 3 is 2.64 bits per heavy atom. The number of rotatable bonds is 2. The fourth-order valence-electron chi connectivity index (χ4n) is 1.32. The van der Waals surface area contributed by atoms with E-state index in [-0.39, 0.29) is 5.78 Å². The summed E-state index contributed by atoms with van der Waals surface area (Å²) in [6.07, 6.45) is 3.32. The summed E-state index contributed by atoms with van der Waals surface area (Å²) in [7, 11) is 0. The highest BCUT2D eigenvalue weighted by Gasteiger charge is 2.13. The van der Waals surface area contributed by atoms with Crippen molar-refractivity contribution in [2.45, 2.75) is 17.7 Å². The van der Waals surface area contributed by atoms with Crippen LogP contribution in [0.4, 0.5) is 0 Å². The fourth-order valence-corrected chi connectivity index (χ4v) is 2.84. The first-order chi connectivity index (χ1) is 6.75. The van der Waals surface area contributed by atoms with Gasteiger partial charge in [-0.05, 0) is 45.5 Å². The quantitative estimate of drug-likeness (QED) is 0.812. The Labute approximate surface area is 95.7 Å². The molecule has 0 unspecified atom stereocenters. The van der Waals surface area contributed by atoms with E-state index < -0.39 is 0 Å². The van der Waals surface area contributed by atoms with Gasteiger partial charge in [0.25, 0.3) is 0 Å². The largest absolute Gasteiger partial charge is 0.295 e. The van der Waals surface area contributed by atoms with E-state index in [4.69, 9.17) is 0 Å². The van der Waals surface area contributed by atoms with Crippen LogP contribution in [0, 0.1) is 0 Å². The highest BCUT2D eigenvalue weighted by molar-refractivity contribution is 9.10. The Morgan fingerprint density at radius 2 is 2.00 bits per heavy atom. The molecule has 72 valence electrons. The molecule has 0 fully saturated rings. The van der Waals surface area contributed by atoms with Crippen molar-refractivity contribution in [3.05, 3.63) is 39.7 Å². The second-order valence-electron chi connectivity index (χ2n) is 3.11. The number of halogens is 1. The van der Waals surface area contributed by atoms with Gasteiger partial charge < -0.3 is 0 Å². The number of carbonyl (C=O) groups excluding carboxylic acids is 1. The number of hydrogen-bond donors (Lipinski definition) is 0. The van der Waals surface area contributed by atoms with Crippen molar-refractivity contribution in [3.63, 3.8) is 0 Å². The van der Waals surface area contributed by atoms with E-state index in [0.717, 1.165) is 10.9 Å². The zero-order valence-corrected chi connectivity index (χ0v) is 9.90. The minimum atomic E-state index is 0.250. The lowest BCUT2D eigenvalue weighted by molar-refractivity contribution is -0.114. The third-order valence-corrected chi connectivity index (χ3v) is 4.13. The maximum atomic E-state index is 11.0. The minimum Gasteiger partial charge on any atom is -0.295 e. The molecule has 0 spiro atoms. The van der Waals surface area contributed by atoms with Crippen molar-refractivity contribution < 1.29 is 4.79 Å². The highest BCUT2D eigenvalue weighted by Crippen LogP contribution is 2.36. The minimum absolute atomic E-state index is 0.250. The van der Waals surface area contributed by atoms with Crippen LogP contribution in [0.2, 0.25) is 0 Å². The zero-order valence-electron chi connectivity index (χ0n) is 7.50. The molecule has 0 radical (unpaired) electrons. The smallest absolute Gasteiger partial charge is 0.156 e. The summed E-state index contributed by atoms with van der Waals surface area (Å²) in [6.45, 7) is 0. The maximum Gasteiger partial charge on any atom is 0.156 e. The molecule has 0 saturated heterocycles. The normalized spacial score (nSPS) is 15.8. The van der Waals surface area contributed by atoms with Gasteiger partial charge in [0.15, 0.2) is 5.78 Å². The van der Waals surface area contributed by atoms with E-state index in [2.05, 4.69) is 22.0 Å². The Kier molecular flexibility index (Phi) is 3.08. The number of allylic oxidation sites excluding steroid dienone is 2. The number of benzene rings is 1. The van der Waals surface area contributed by atoms with Crippen molar-refractivity contribution in [2.75, 3.05) is 0 Å². The van der Waals surface area contributed by atoms with Crippen LogP contribution in [0.3, 0.4) is 0 Å². The summed E-state index contributed by atoms with van der Waals surface area (Å²) in [5.74, 6) is 0.250. The molecule has 3 heteroatoms. The topological polar surface area (TPSA) is 17.1 Å².